The van der Waals surface area contributed by atoms with Gasteiger partial charge in [0, 0.05) is 19.1 Å². The van der Waals surface area contributed by atoms with Crippen molar-refractivity contribution in [2.75, 3.05) is 26.2 Å². The number of carboxylic acids is 1. The highest BCUT2D eigenvalue weighted by atomic mass is 16.4. The van der Waals surface area contributed by atoms with E-state index in [1.54, 1.807) is 0 Å². The van der Waals surface area contributed by atoms with Gasteiger partial charge >= 0.3 is 5.97 Å². The van der Waals surface area contributed by atoms with Crippen molar-refractivity contribution in [3.05, 3.63) is 0 Å². The summed E-state index contributed by atoms with van der Waals surface area (Å²) in [5.74, 6) is -0.985. The number of rotatable bonds is 6. The SMILES string of the molecule is CC(CNCC1(O)CCC(C(=O)O)CC1)N1CCCC1. The number of aliphatic hydroxyl groups is 1. The average molecular weight is 284 g/mol. The van der Waals surface area contributed by atoms with Crippen LogP contribution in [0.15, 0.2) is 0 Å². The summed E-state index contributed by atoms with van der Waals surface area (Å²) >= 11 is 0. The van der Waals surface area contributed by atoms with Gasteiger partial charge in [0.25, 0.3) is 0 Å². The Kier molecular flexibility index (Phi) is 5.41. The van der Waals surface area contributed by atoms with Crippen molar-refractivity contribution in [2.24, 2.45) is 5.92 Å². The first-order valence-electron chi connectivity index (χ1n) is 7.90. The van der Waals surface area contributed by atoms with Crippen molar-refractivity contribution in [3.63, 3.8) is 0 Å². The van der Waals surface area contributed by atoms with Crippen molar-refractivity contribution in [2.45, 2.75) is 57.1 Å². The van der Waals surface area contributed by atoms with Crippen LogP contribution in [0.2, 0.25) is 0 Å². The molecular weight excluding hydrogens is 256 g/mol. The molecule has 2 rings (SSSR count). The van der Waals surface area contributed by atoms with Crippen LogP contribution in [0.3, 0.4) is 0 Å². The molecule has 1 atom stereocenters. The molecule has 116 valence electrons. The highest BCUT2D eigenvalue weighted by Gasteiger charge is 2.35. The zero-order chi connectivity index (χ0) is 14.6. The molecule has 1 aliphatic heterocycles. The molecule has 1 aliphatic carbocycles. The number of aliphatic carboxylic acids is 1. The third kappa shape index (κ3) is 4.17. The Balaban J connectivity index is 1.67. The van der Waals surface area contributed by atoms with Crippen LogP contribution in [0.4, 0.5) is 0 Å². The Hall–Kier alpha value is -0.650. The first kappa shape index (κ1) is 15.7. The highest BCUT2D eigenvalue weighted by molar-refractivity contribution is 5.70. The summed E-state index contributed by atoms with van der Waals surface area (Å²) in [7, 11) is 0. The quantitative estimate of drug-likeness (QED) is 0.680. The van der Waals surface area contributed by atoms with E-state index in [-0.39, 0.29) is 5.92 Å². The average Bonchev–Trinajstić information content (AvgIpc) is 2.93. The Bertz CT molecular complexity index is 321. The minimum Gasteiger partial charge on any atom is -0.481 e. The van der Waals surface area contributed by atoms with E-state index in [0.717, 1.165) is 6.54 Å². The second kappa shape index (κ2) is 6.87. The maximum absolute atomic E-state index is 10.9. The summed E-state index contributed by atoms with van der Waals surface area (Å²) in [5, 5.41) is 22.8. The monoisotopic (exact) mass is 284 g/mol. The predicted molar refractivity (Wildman–Crippen MR) is 77.7 cm³/mol. The maximum Gasteiger partial charge on any atom is 0.306 e. The van der Waals surface area contributed by atoms with Gasteiger partial charge < -0.3 is 15.5 Å². The first-order chi connectivity index (χ1) is 9.50. The molecule has 20 heavy (non-hydrogen) atoms. The molecule has 0 aromatic heterocycles. The summed E-state index contributed by atoms with van der Waals surface area (Å²) in [6.45, 7) is 6.08. The zero-order valence-corrected chi connectivity index (χ0v) is 12.5. The molecule has 0 radical (unpaired) electrons. The molecule has 2 aliphatic rings. The molecule has 2 fully saturated rings. The van der Waals surface area contributed by atoms with E-state index in [4.69, 9.17) is 5.11 Å². The van der Waals surface area contributed by atoms with Crippen LogP contribution in [-0.4, -0.2) is 58.9 Å². The lowest BCUT2D eigenvalue weighted by atomic mass is 9.79. The minimum atomic E-state index is -0.720. The van der Waals surface area contributed by atoms with Crippen LogP contribution >= 0.6 is 0 Å². The summed E-state index contributed by atoms with van der Waals surface area (Å²) in [5.41, 5.74) is -0.712. The van der Waals surface area contributed by atoms with Crippen LogP contribution in [0.25, 0.3) is 0 Å². The summed E-state index contributed by atoms with van der Waals surface area (Å²) < 4.78 is 0. The number of carboxylic acid groups (broad SMARTS) is 1. The van der Waals surface area contributed by atoms with Gasteiger partial charge in [0.15, 0.2) is 0 Å². The van der Waals surface area contributed by atoms with Crippen LogP contribution < -0.4 is 5.32 Å². The van der Waals surface area contributed by atoms with E-state index in [1.807, 2.05) is 0 Å². The highest BCUT2D eigenvalue weighted by Crippen LogP contribution is 2.31. The fourth-order valence-corrected chi connectivity index (χ4v) is 3.40. The van der Waals surface area contributed by atoms with Gasteiger partial charge in [-0.25, -0.2) is 0 Å². The molecule has 1 heterocycles. The van der Waals surface area contributed by atoms with Gasteiger partial charge in [0.2, 0.25) is 0 Å². The van der Waals surface area contributed by atoms with Crippen LogP contribution in [-0.2, 0) is 4.79 Å². The number of hydrogen-bond acceptors (Lipinski definition) is 4. The predicted octanol–water partition coefficient (Wildman–Crippen LogP) is 1.07. The lowest BCUT2D eigenvalue weighted by Crippen LogP contribution is -2.47. The summed E-state index contributed by atoms with van der Waals surface area (Å²) in [6.07, 6.45) is 4.96. The van der Waals surface area contributed by atoms with Crippen molar-refractivity contribution in [1.82, 2.24) is 10.2 Å². The molecule has 0 bridgehead atoms. The smallest absolute Gasteiger partial charge is 0.306 e. The zero-order valence-electron chi connectivity index (χ0n) is 12.5. The van der Waals surface area contributed by atoms with E-state index in [9.17, 15) is 9.90 Å². The summed E-state index contributed by atoms with van der Waals surface area (Å²) in [6, 6.07) is 0.511. The Morgan fingerprint density at radius 3 is 2.50 bits per heavy atom. The number of likely N-dealkylation sites (tertiary alicyclic amines) is 1. The van der Waals surface area contributed by atoms with Crippen molar-refractivity contribution in [1.29, 1.82) is 0 Å². The molecule has 0 aromatic rings. The lowest BCUT2D eigenvalue weighted by molar-refractivity contribution is -0.144. The number of hydrogen-bond donors (Lipinski definition) is 3. The fraction of sp³-hybridized carbons (Fsp3) is 0.933. The maximum atomic E-state index is 10.9. The van der Waals surface area contributed by atoms with E-state index in [1.165, 1.54) is 25.9 Å². The second-order valence-corrected chi connectivity index (χ2v) is 6.56. The normalized spacial score (nSPS) is 33.2. The Morgan fingerprint density at radius 2 is 1.95 bits per heavy atom. The van der Waals surface area contributed by atoms with Crippen molar-refractivity contribution in [3.8, 4) is 0 Å². The van der Waals surface area contributed by atoms with Crippen LogP contribution in [0, 0.1) is 5.92 Å². The topological polar surface area (TPSA) is 72.8 Å². The summed E-state index contributed by atoms with van der Waals surface area (Å²) in [4.78, 5) is 13.4. The molecule has 5 heteroatoms. The molecule has 0 aromatic carbocycles. The molecule has 0 amide bonds. The third-order valence-corrected chi connectivity index (χ3v) is 4.92. The lowest BCUT2D eigenvalue weighted by Gasteiger charge is -2.35. The molecule has 1 saturated carbocycles. The number of nitrogens with zero attached hydrogens (tertiary/aromatic N) is 1. The van der Waals surface area contributed by atoms with Gasteiger partial charge in [-0.05, 0) is 58.5 Å². The van der Waals surface area contributed by atoms with Gasteiger partial charge in [-0.15, -0.1) is 0 Å². The second-order valence-electron chi connectivity index (χ2n) is 6.56. The van der Waals surface area contributed by atoms with Gasteiger partial charge in [-0.2, -0.15) is 0 Å². The van der Waals surface area contributed by atoms with E-state index in [0.29, 0.717) is 38.3 Å². The Morgan fingerprint density at radius 1 is 1.35 bits per heavy atom. The van der Waals surface area contributed by atoms with Crippen molar-refractivity contribution >= 4 is 5.97 Å². The molecule has 0 spiro atoms. The molecule has 5 nitrogen and oxygen atoms in total. The third-order valence-electron chi connectivity index (χ3n) is 4.92. The van der Waals surface area contributed by atoms with Gasteiger partial charge in [0.1, 0.15) is 0 Å². The van der Waals surface area contributed by atoms with Gasteiger partial charge in [0.05, 0.1) is 11.5 Å². The minimum absolute atomic E-state index is 0.265. The molecule has 1 saturated heterocycles. The van der Waals surface area contributed by atoms with Gasteiger partial charge in [-0.3, -0.25) is 9.69 Å². The number of nitrogens with one attached hydrogen (secondary N) is 1. The Labute approximate surface area is 121 Å². The molecular formula is C15H28N2O3. The molecule has 3 N–H and O–H groups in total. The first-order valence-corrected chi connectivity index (χ1v) is 7.90. The van der Waals surface area contributed by atoms with E-state index in [2.05, 4.69) is 17.1 Å². The van der Waals surface area contributed by atoms with Gasteiger partial charge in [-0.1, -0.05) is 0 Å². The fourth-order valence-electron chi connectivity index (χ4n) is 3.40. The van der Waals surface area contributed by atoms with Crippen LogP contribution in [0.5, 0.6) is 0 Å². The van der Waals surface area contributed by atoms with Crippen molar-refractivity contribution < 1.29 is 15.0 Å². The molecule has 1 unspecified atom stereocenters. The van der Waals surface area contributed by atoms with Crippen LogP contribution in [0.1, 0.15) is 45.4 Å². The number of carbonyl (C=O) groups is 1. The largest absolute Gasteiger partial charge is 0.481 e. The standard InChI is InChI=1S/C15H28N2O3/c1-12(17-8-2-3-9-17)10-16-11-15(20)6-4-13(5-7-15)14(18)19/h12-13,16,20H,2-11H2,1H3,(H,18,19). The van der Waals surface area contributed by atoms with E-state index < -0.39 is 11.6 Å². The van der Waals surface area contributed by atoms with E-state index >= 15 is 0 Å².